The molecule has 2 atom stereocenters. The van der Waals surface area contributed by atoms with Gasteiger partial charge in [0.05, 0.1) is 6.10 Å². The van der Waals surface area contributed by atoms with E-state index in [2.05, 4.69) is 30.7 Å². The number of aromatic nitrogens is 2. The van der Waals surface area contributed by atoms with Crippen molar-refractivity contribution in [2.75, 3.05) is 0 Å². The molecule has 1 aromatic carbocycles. The third kappa shape index (κ3) is 8.95. The molecule has 3 heteroatoms. The lowest BCUT2D eigenvalue weighted by atomic mass is 9.97. The number of nitrogens with zero attached hydrogens (tertiary/aromatic N) is 2. The Morgan fingerprint density at radius 2 is 1.43 bits per heavy atom. The molecule has 1 aromatic heterocycles. The SMILES string of the molecule is CCCCCCCCc1cnc(-c2ccc(C(O)CCCCC(C)CC)cc2)nc1. The Hall–Kier alpha value is -1.74. The van der Waals surface area contributed by atoms with Crippen molar-refractivity contribution in [1.82, 2.24) is 9.97 Å². The second-order valence-electron chi connectivity index (χ2n) is 8.87. The van der Waals surface area contributed by atoms with Crippen LogP contribution in [0.5, 0.6) is 0 Å². The summed E-state index contributed by atoms with van der Waals surface area (Å²) in [6.07, 6.45) is 18.1. The maximum atomic E-state index is 10.5. The normalized spacial score (nSPS) is 13.3. The molecule has 0 aliphatic carbocycles. The van der Waals surface area contributed by atoms with Crippen molar-refractivity contribution >= 4 is 0 Å². The Bertz CT molecular complexity index is 681. The average molecular weight is 411 g/mol. The average Bonchev–Trinajstić information content (AvgIpc) is 2.79. The van der Waals surface area contributed by atoms with E-state index < -0.39 is 0 Å². The molecule has 0 aliphatic heterocycles. The molecule has 0 bridgehead atoms. The lowest BCUT2D eigenvalue weighted by Crippen LogP contribution is -1.99. The van der Waals surface area contributed by atoms with Crippen molar-refractivity contribution in [3.8, 4) is 11.4 Å². The summed E-state index contributed by atoms with van der Waals surface area (Å²) in [5.74, 6) is 1.55. The summed E-state index contributed by atoms with van der Waals surface area (Å²) >= 11 is 0. The molecule has 0 fully saturated rings. The number of aryl methyl sites for hydroxylation is 1. The predicted octanol–water partition coefficient (Wildman–Crippen LogP) is 7.69. The van der Waals surface area contributed by atoms with Gasteiger partial charge in [0.1, 0.15) is 0 Å². The summed E-state index contributed by atoms with van der Waals surface area (Å²) in [5.41, 5.74) is 3.22. The van der Waals surface area contributed by atoms with E-state index in [0.29, 0.717) is 0 Å². The predicted molar refractivity (Wildman–Crippen MR) is 127 cm³/mol. The minimum Gasteiger partial charge on any atom is -0.388 e. The van der Waals surface area contributed by atoms with Gasteiger partial charge in [-0.25, -0.2) is 9.97 Å². The lowest BCUT2D eigenvalue weighted by Gasteiger charge is -2.13. The molecule has 2 rings (SSSR count). The Morgan fingerprint density at radius 1 is 0.800 bits per heavy atom. The highest BCUT2D eigenvalue weighted by Crippen LogP contribution is 2.24. The first kappa shape index (κ1) is 24.5. The van der Waals surface area contributed by atoms with Gasteiger partial charge >= 0.3 is 0 Å². The number of hydrogen-bond donors (Lipinski definition) is 1. The molecule has 30 heavy (non-hydrogen) atoms. The fourth-order valence-electron chi connectivity index (χ4n) is 3.80. The topological polar surface area (TPSA) is 46.0 Å². The van der Waals surface area contributed by atoms with Crippen molar-refractivity contribution in [2.45, 2.75) is 104 Å². The fraction of sp³-hybridized carbons (Fsp3) is 0.630. The van der Waals surface area contributed by atoms with Crippen LogP contribution in [0.4, 0.5) is 0 Å². The van der Waals surface area contributed by atoms with E-state index in [0.717, 1.165) is 42.1 Å². The maximum Gasteiger partial charge on any atom is 0.159 e. The Morgan fingerprint density at radius 3 is 2.10 bits per heavy atom. The molecule has 0 spiro atoms. The van der Waals surface area contributed by atoms with Crippen LogP contribution in [0, 0.1) is 5.92 Å². The van der Waals surface area contributed by atoms with Gasteiger partial charge < -0.3 is 5.11 Å². The second-order valence-corrected chi connectivity index (χ2v) is 8.87. The van der Waals surface area contributed by atoms with Gasteiger partial charge in [0.25, 0.3) is 0 Å². The van der Waals surface area contributed by atoms with Crippen molar-refractivity contribution in [3.63, 3.8) is 0 Å². The monoisotopic (exact) mass is 410 g/mol. The lowest BCUT2D eigenvalue weighted by molar-refractivity contribution is 0.162. The molecule has 0 saturated carbocycles. The van der Waals surface area contributed by atoms with Gasteiger partial charge in [-0.2, -0.15) is 0 Å². The quantitative estimate of drug-likeness (QED) is 0.306. The second kappa shape index (κ2) is 14.3. The minimum absolute atomic E-state index is 0.378. The van der Waals surface area contributed by atoms with Crippen LogP contribution in [-0.4, -0.2) is 15.1 Å². The van der Waals surface area contributed by atoms with E-state index >= 15 is 0 Å². The van der Waals surface area contributed by atoms with E-state index in [-0.39, 0.29) is 6.10 Å². The summed E-state index contributed by atoms with van der Waals surface area (Å²) in [6, 6.07) is 8.09. The van der Waals surface area contributed by atoms with Crippen molar-refractivity contribution in [2.24, 2.45) is 5.92 Å². The van der Waals surface area contributed by atoms with Crippen LogP contribution in [0.1, 0.15) is 109 Å². The van der Waals surface area contributed by atoms with Crippen LogP contribution in [0.3, 0.4) is 0 Å². The summed E-state index contributed by atoms with van der Waals surface area (Å²) in [6.45, 7) is 6.80. The van der Waals surface area contributed by atoms with Crippen LogP contribution < -0.4 is 0 Å². The van der Waals surface area contributed by atoms with E-state index in [1.54, 1.807) is 0 Å². The number of rotatable bonds is 15. The summed E-state index contributed by atoms with van der Waals surface area (Å²) in [4.78, 5) is 9.13. The fourth-order valence-corrected chi connectivity index (χ4v) is 3.80. The van der Waals surface area contributed by atoms with Crippen LogP contribution in [0.15, 0.2) is 36.7 Å². The number of benzene rings is 1. The van der Waals surface area contributed by atoms with Crippen LogP contribution in [-0.2, 0) is 6.42 Å². The first-order valence-corrected chi connectivity index (χ1v) is 12.2. The first-order chi connectivity index (χ1) is 14.6. The number of hydrogen-bond acceptors (Lipinski definition) is 3. The molecular formula is C27H42N2O. The third-order valence-electron chi connectivity index (χ3n) is 6.20. The minimum atomic E-state index is -0.378. The van der Waals surface area contributed by atoms with Crippen LogP contribution in [0.25, 0.3) is 11.4 Å². The van der Waals surface area contributed by atoms with Gasteiger partial charge in [-0.1, -0.05) is 103 Å². The van der Waals surface area contributed by atoms with Crippen molar-refractivity contribution in [3.05, 3.63) is 47.8 Å². The molecular weight excluding hydrogens is 368 g/mol. The number of unbranched alkanes of at least 4 members (excludes halogenated alkanes) is 6. The zero-order valence-electron chi connectivity index (χ0n) is 19.4. The van der Waals surface area contributed by atoms with Gasteiger partial charge in [0.15, 0.2) is 5.82 Å². The summed E-state index contributed by atoms with van der Waals surface area (Å²) in [5, 5.41) is 10.5. The molecule has 3 nitrogen and oxygen atoms in total. The molecule has 2 unspecified atom stereocenters. The highest BCUT2D eigenvalue weighted by molar-refractivity contribution is 5.55. The molecule has 1 N–H and O–H groups in total. The van der Waals surface area contributed by atoms with Crippen molar-refractivity contribution in [1.29, 1.82) is 0 Å². The molecule has 1 heterocycles. The number of aliphatic hydroxyl groups is 1. The molecule has 0 aliphatic rings. The Balaban J connectivity index is 1.77. The highest BCUT2D eigenvalue weighted by Gasteiger charge is 2.09. The standard InChI is InChI=1S/C27H42N2O/c1-4-6-7-8-9-10-14-23-20-28-27(29-21-23)25-18-16-24(17-19-25)26(30)15-12-11-13-22(3)5-2/h16-22,26,30H,4-15H2,1-3H3. The largest absolute Gasteiger partial charge is 0.388 e. The van der Waals surface area contributed by atoms with Gasteiger partial charge in [-0.3, -0.25) is 0 Å². The Kier molecular flexibility index (Phi) is 11.7. The smallest absolute Gasteiger partial charge is 0.159 e. The van der Waals surface area contributed by atoms with E-state index in [1.807, 2.05) is 36.7 Å². The third-order valence-corrected chi connectivity index (χ3v) is 6.20. The van der Waals surface area contributed by atoms with Crippen molar-refractivity contribution < 1.29 is 5.11 Å². The van der Waals surface area contributed by atoms with Crippen LogP contribution in [0.2, 0.25) is 0 Å². The zero-order chi connectivity index (χ0) is 21.6. The summed E-state index contributed by atoms with van der Waals surface area (Å²) in [7, 11) is 0. The number of aliphatic hydroxyl groups excluding tert-OH is 1. The first-order valence-electron chi connectivity index (χ1n) is 12.2. The molecule has 0 amide bonds. The summed E-state index contributed by atoms with van der Waals surface area (Å²) < 4.78 is 0. The molecule has 2 aromatic rings. The maximum absolute atomic E-state index is 10.5. The van der Waals surface area contributed by atoms with Crippen LogP contribution >= 0.6 is 0 Å². The van der Waals surface area contributed by atoms with Gasteiger partial charge in [0, 0.05) is 18.0 Å². The zero-order valence-corrected chi connectivity index (χ0v) is 19.4. The Labute approximate surface area is 184 Å². The molecule has 166 valence electrons. The highest BCUT2D eigenvalue weighted by atomic mass is 16.3. The van der Waals surface area contributed by atoms with E-state index in [1.165, 1.54) is 63.4 Å². The van der Waals surface area contributed by atoms with Gasteiger partial charge in [-0.15, -0.1) is 0 Å². The van der Waals surface area contributed by atoms with E-state index in [9.17, 15) is 5.11 Å². The van der Waals surface area contributed by atoms with E-state index in [4.69, 9.17) is 0 Å². The van der Waals surface area contributed by atoms with Gasteiger partial charge in [0.2, 0.25) is 0 Å². The molecule has 0 radical (unpaired) electrons. The van der Waals surface area contributed by atoms with Gasteiger partial charge in [-0.05, 0) is 36.3 Å². The molecule has 0 saturated heterocycles.